The highest BCUT2D eigenvalue weighted by molar-refractivity contribution is 5.82. The molecule has 1 unspecified atom stereocenters. The van der Waals surface area contributed by atoms with Gasteiger partial charge in [0.1, 0.15) is 24.1 Å². The zero-order chi connectivity index (χ0) is 33.4. The summed E-state index contributed by atoms with van der Waals surface area (Å²) in [7, 11) is 3.03. The third kappa shape index (κ3) is 8.93. The molecule has 4 heterocycles. The number of ether oxygens (including phenoxy) is 4. The van der Waals surface area contributed by atoms with Gasteiger partial charge in [-0.05, 0) is 63.6 Å². The molecule has 1 aromatic carbocycles. The van der Waals surface area contributed by atoms with Crippen LogP contribution in [-0.2, 0) is 27.3 Å². The second kappa shape index (κ2) is 15.2. The quantitative estimate of drug-likeness (QED) is 0.248. The van der Waals surface area contributed by atoms with Gasteiger partial charge in [-0.1, -0.05) is 36.4 Å². The molecule has 13 heteroatoms. The minimum absolute atomic E-state index is 0.0531. The molecular weight excluding hydrogens is 602 g/mol. The molecule has 2 aromatic heterocycles. The molecule has 0 spiro atoms. The van der Waals surface area contributed by atoms with Gasteiger partial charge in [0.05, 0.1) is 14.2 Å². The smallest absolute Gasteiger partial charge is 0.408 e. The number of esters is 1. The molecule has 0 radical (unpaired) electrons. The zero-order valence-electron chi connectivity index (χ0n) is 27.8. The molecule has 47 heavy (non-hydrogen) atoms. The number of carbonyl (C=O) groups is 2. The minimum atomic E-state index is -1.10. The standard InChI is InChI=1S/C34H45N7O6/c1-34(2,3)47-31(42)26(38-33(43)46-21-22-10-7-6-8-11-22)20-36-29-27(44-4)30(40-32(39-29)45-5)41-18-15-23(16-19-41)25-14-13-24-12-9-17-35-28(24)37-25/h6-8,10-11,13-14,23,26H,9,12,15-21H2,1-5H3,(H,35,37)(H,38,43)(H,36,39,40). The van der Waals surface area contributed by atoms with Gasteiger partial charge in [0.15, 0.2) is 11.6 Å². The van der Waals surface area contributed by atoms with Gasteiger partial charge in [-0.3, -0.25) is 0 Å². The molecule has 5 rings (SSSR count). The molecule has 1 fully saturated rings. The van der Waals surface area contributed by atoms with Crippen LogP contribution >= 0.6 is 0 Å². The number of fused-ring (bicyclic) bond motifs is 1. The Morgan fingerprint density at radius 1 is 1.02 bits per heavy atom. The van der Waals surface area contributed by atoms with Gasteiger partial charge in [-0.15, -0.1) is 0 Å². The number of nitrogens with one attached hydrogen (secondary N) is 3. The molecule has 0 aliphatic carbocycles. The van der Waals surface area contributed by atoms with E-state index in [1.165, 1.54) is 12.7 Å². The number of methoxy groups -OCH3 is 2. The van der Waals surface area contributed by atoms with Crippen molar-refractivity contribution in [3.63, 3.8) is 0 Å². The minimum Gasteiger partial charge on any atom is -0.490 e. The number of hydrogen-bond acceptors (Lipinski definition) is 12. The predicted molar refractivity (Wildman–Crippen MR) is 178 cm³/mol. The zero-order valence-corrected chi connectivity index (χ0v) is 27.8. The van der Waals surface area contributed by atoms with E-state index >= 15 is 0 Å². The Bertz CT molecular complexity index is 1520. The van der Waals surface area contributed by atoms with Gasteiger partial charge in [-0.2, -0.15) is 9.97 Å². The molecule has 1 saturated heterocycles. The number of aromatic nitrogens is 3. The first-order valence-corrected chi connectivity index (χ1v) is 16.1. The number of nitrogens with zero attached hydrogens (tertiary/aromatic N) is 4. The van der Waals surface area contributed by atoms with Crippen molar-refractivity contribution < 1.29 is 28.5 Å². The number of pyridine rings is 1. The SMILES string of the molecule is COc1nc(NCC(NC(=O)OCc2ccccc2)C(=O)OC(C)(C)C)c(OC)c(N2CCC(c3ccc4c(n3)NCCC4)CC2)n1. The van der Waals surface area contributed by atoms with Gasteiger partial charge in [0.25, 0.3) is 0 Å². The number of anilines is 3. The average Bonchev–Trinajstić information content (AvgIpc) is 3.08. The first-order chi connectivity index (χ1) is 22.6. The summed E-state index contributed by atoms with van der Waals surface area (Å²) in [5.41, 5.74) is 2.43. The lowest BCUT2D eigenvalue weighted by Crippen LogP contribution is -2.48. The maximum Gasteiger partial charge on any atom is 0.408 e. The summed E-state index contributed by atoms with van der Waals surface area (Å²) in [5, 5.41) is 9.22. The molecular formula is C34H45N7O6. The van der Waals surface area contributed by atoms with Crippen LogP contribution in [0, 0.1) is 0 Å². The van der Waals surface area contributed by atoms with Crippen LogP contribution in [-0.4, -0.2) is 79.1 Å². The fourth-order valence-corrected chi connectivity index (χ4v) is 5.66. The van der Waals surface area contributed by atoms with Gasteiger partial charge >= 0.3 is 18.1 Å². The first-order valence-electron chi connectivity index (χ1n) is 16.1. The fourth-order valence-electron chi connectivity index (χ4n) is 5.66. The predicted octanol–water partition coefficient (Wildman–Crippen LogP) is 4.68. The van der Waals surface area contributed by atoms with Gasteiger partial charge in [-0.25, -0.2) is 14.6 Å². The van der Waals surface area contributed by atoms with Gasteiger partial charge < -0.3 is 39.8 Å². The molecule has 1 amide bonds. The third-order valence-corrected chi connectivity index (χ3v) is 8.01. The molecule has 3 aromatic rings. The second-order valence-corrected chi connectivity index (χ2v) is 12.6. The first kappa shape index (κ1) is 33.6. The van der Waals surface area contributed by atoms with Crippen molar-refractivity contribution in [3.8, 4) is 11.8 Å². The summed E-state index contributed by atoms with van der Waals surface area (Å²) in [6.45, 7) is 7.67. The van der Waals surface area contributed by atoms with E-state index in [-0.39, 0.29) is 19.2 Å². The van der Waals surface area contributed by atoms with E-state index in [0.29, 0.717) is 23.3 Å². The topological polar surface area (TPSA) is 149 Å². The van der Waals surface area contributed by atoms with Crippen molar-refractivity contribution in [2.75, 3.05) is 55.9 Å². The Morgan fingerprint density at radius 2 is 1.79 bits per heavy atom. The Kier molecular flexibility index (Phi) is 10.8. The molecule has 0 saturated carbocycles. The van der Waals surface area contributed by atoms with Crippen LogP contribution in [0.15, 0.2) is 42.5 Å². The number of alkyl carbamates (subject to hydrolysis) is 1. The Balaban J connectivity index is 1.28. The highest BCUT2D eigenvalue weighted by atomic mass is 16.6. The molecule has 0 bridgehead atoms. The van der Waals surface area contributed by atoms with Gasteiger partial charge in [0, 0.05) is 37.8 Å². The largest absolute Gasteiger partial charge is 0.490 e. The van der Waals surface area contributed by atoms with E-state index in [1.807, 2.05) is 30.3 Å². The molecule has 3 N–H and O–H groups in total. The lowest BCUT2D eigenvalue weighted by molar-refractivity contribution is -0.156. The van der Waals surface area contributed by atoms with Crippen LogP contribution in [0.5, 0.6) is 11.8 Å². The molecule has 252 valence electrons. The lowest BCUT2D eigenvalue weighted by atomic mass is 9.92. The summed E-state index contributed by atoms with van der Waals surface area (Å²) >= 11 is 0. The van der Waals surface area contributed by atoms with Crippen LogP contribution in [0.4, 0.5) is 22.2 Å². The van der Waals surface area contributed by atoms with Crippen molar-refractivity contribution in [1.82, 2.24) is 20.3 Å². The normalized spacial score (nSPS) is 15.5. The average molecular weight is 648 g/mol. The molecule has 1 atom stereocenters. The Hall–Kier alpha value is -4.81. The van der Waals surface area contributed by atoms with Crippen LogP contribution < -0.4 is 30.3 Å². The highest BCUT2D eigenvalue weighted by Crippen LogP contribution is 2.38. The Morgan fingerprint density at radius 3 is 2.49 bits per heavy atom. The summed E-state index contributed by atoms with van der Waals surface area (Å²) in [5.74, 6) is 1.99. The van der Waals surface area contributed by atoms with E-state index in [4.69, 9.17) is 23.9 Å². The van der Waals surface area contributed by atoms with E-state index in [2.05, 4.69) is 43.0 Å². The van der Waals surface area contributed by atoms with Crippen molar-refractivity contribution >= 4 is 29.5 Å². The Labute approximate surface area is 275 Å². The number of aryl methyl sites for hydroxylation is 1. The lowest BCUT2D eigenvalue weighted by Gasteiger charge is -2.34. The molecule has 2 aliphatic rings. The van der Waals surface area contributed by atoms with Crippen molar-refractivity contribution in [1.29, 1.82) is 0 Å². The van der Waals surface area contributed by atoms with Crippen LogP contribution in [0.2, 0.25) is 0 Å². The monoisotopic (exact) mass is 647 g/mol. The summed E-state index contributed by atoms with van der Waals surface area (Å²) in [4.78, 5) is 42.1. The van der Waals surface area contributed by atoms with Crippen molar-refractivity contribution in [3.05, 3.63) is 59.3 Å². The van der Waals surface area contributed by atoms with Crippen LogP contribution in [0.3, 0.4) is 0 Å². The number of hydrogen-bond donors (Lipinski definition) is 3. The molecule has 2 aliphatic heterocycles. The number of carbonyl (C=O) groups excluding carboxylic acids is 2. The van der Waals surface area contributed by atoms with Crippen molar-refractivity contribution in [2.24, 2.45) is 0 Å². The third-order valence-electron chi connectivity index (χ3n) is 8.01. The maximum atomic E-state index is 13.2. The summed E-state index contributed by atoms with van der Waals surface area (Å²) < 4.78 is 22.2. The number of benzene rings is 1. The van der Waals surface area contributed by atoms with Crippen LogP contribution in [0.1, 0.15) is 62.8 Å². The summed E-state index contributed by atoms with van der Waals surface area (Å²) in [6, 6.07) is 12.7. The van der Waals surface area contributed by atoms with E-state index in [0.717, 1.165) is 62.4 Å². The number of rotatable bonds is 11. The summed E-state index contributed by atoms with van der Waals surface area (Å²) in [6.07, 6.45) is 3.21. The second-order valence-electron chi connectivity index (χ2n) is 12.6. The van der Waals surface area contributed by atoms with E-state index in [9.17, 15) is 9.59 Å². The number of piperidine rings is 1. The van der Waals surface area contributed by atoms with E-state index < -0.39 is 23.7 Å². The molecule has 13 nitrogen and oxygen atoms in total. The van der Waals surface area contributed by atoms with Crippen molar-refractivity contribution in [2.45, 2.75) is 70.6 Å². The van der Waals surface area contributed by atoms with E-state index in [1.54, 1.807) is 27.9 Å². The highest BCUT2D eigenvalue weighted by Gasteiger charge is 2.30. The maximum absolute atomic E-state index is 13.2. The van der Waals surface area contributed by atoms with Crippen LogP contribution in [0.25, 0.3) is 0 Å². The van der Waals surface area contributed by atoms with Gasteiger partial charge in [0.2, 0.25) is 5.75 Å². The number of amides is 1. The fraction of sp³-hybridized carbons (Fsp3) is 0.500.